The van der Waals surface area contributed by atoms with E-state index in [0.717, 1.165) is 12.1 Å². The summed E-state index contributed by atoms with van der Waals surface area (Å²) in [5.74, 6) is 0.256. The van der Waals surface area contributed by atoms with Crippen molar-refractivity contribution >= 4 is 5.71 Å². The minimum atomic E-state index is 0. The van der Waals surface area contributed by atoms with Crippen molar-refractivity contribution in [3.05, 3.63) is 36.0 Å². The SMILES string of the molecule is CC(/C=C(/C)O)=NCC[NH-].[CH2-]CCCCCCC.[Co].[NH-]CC[NH-]. The number of allylic oxidation sites excluding steroid dienone is 2. The molecule has 1 radical (unpaired) electrons. The van der Waals surface area contributed by atoms with Crippen LogP contribution in [0, 0.1) is 6.92 Å². The molecule has 0 fully saturated rings. The number of nitrogens with zero attached hydrogens (tertiary/aromatic N) is 1. The largest absolute Gasteiger partial charge is 0.679 e. The number of hydrogen-bond acceptors (Lipinski definition) is 2. The molecule has 0 aliphatic carbocycles. The van der Waals surface area contributed by atoms with E-state index in [1.165, 1.54) is 32.1 Å². The van der Waals surface area contributed by atoms with Crippen LogP contribution in [0.3, 0.4) is 0 Å². The van der Waals surface area contributed by atoms with Crippen molar-refractivity contribution < 1.29 is 21.9 Å². The second-order valence-electron chi connectivity index (χ2n) is 4.83. The van der Waals surface area contributed by atoms with E-state index in [0.29, 0.717) is 13.1 Å². The predicted molar refractivity (Wildman–Crippen MR) is 101 cm³/mol. The van der Waals surface area contributed by atoms with Gasteiger partial charge in [0.25, 0.3) is 0 Å². The Morgan fingerprint density at radius 3 is 1.87 bits per heavy atom. The number of aliphatic hydroxyl groups excluding tert-OH is 1. The van der Waals surface area contributed by atoms with E-state index in [-0.39, 0.29) is 35.6 Å². The van der Waals surface area contributed by atoms with Gasteiger partial charge in [0.2, 0.25) is 0 Å². The Labute approximate surface area is 154 Å². The van der Waals surface area contributed by atoms with Gasteiger partial charge < -0.3 is 29.2 Å². The van der Waals surface area contributed by atoms with Crippen LogP contribution in [-0.2, 0) is 16.8 Å². The Hall–Kier alpha value is -0.404. The fraction of sp³-hybridized carbons (Fsp3) is 0.765. The molecule has 0 aliphatic heterocycles. The number of nitrogens with one attached hydrogen (secondary N) is 3. The molecule has 0 spiro atoms. The topological polar surface area (TPSA) is 104 Å². The van der Waals surface area contributed by atoms with Gasteiger partial charge in [0.1, 0.15) is 0 Å². The second kappa shape index (κ2) is 29.6. The Kier molecular flexibility index (Phi) is 39.2. The molecule has 0 aromatic heterocycles. The summed E-state index contributed by atoms with van der Waals surface area (Å²) in [4.78, 5) is 3.98. The standard InChI is InChI=1S/C8H17.C7H13N2O.C2H6N2.Co/c1-3-5-7-8-6-4-2;1-6(5-7(2)10)9-4-3-8;3-1-2-4;/h1,3-8H2,2H3;5,8,10H,3-4H2,1-2H3;3-4H,1-2H2;/q2*-1;-2;/b;7-5-,9-6?;;. The average Bonchev–Trinajstić information content (AvgIpc) is 2.50. The minimum absolute atomic E-state index is 0. The Bertz CT molecular complexity index is 247. The third kappa shape index (κ3) is 44.9. The third-order valence-electron chi connectivity index (χ3n) is 2.37. The Morgan fingerprint density at radius 2 is 1.52 bits per heavy atom. The van der Waals surface area contributed by atoms with Crippen molar-refractivity contribution in [1.29, 1.82) is 0 Å². The van der Waals surface area contributed by atoms with Gasteiger partial charge in [-0.2, -0.15) is 19.5 Å². The Morgan fingerprint density at radius 1 is 1.00 bits per heavy atom. The third-order valence-corrected chi connectivity index (χ3v) is 2.37. The van der Waals surface area contributed by atoms with Gasteiger partial charge in [0.05, 0.1) is 5.76 Å². The number of aliphatic hydroxyl groups is 1. The van der Waals surface area contributed by atoms with Crippen LogP contribution in [0.15, 0.2) is 16.8 Å². The zero-order valence-electron chi connectivity index (χ0n) is 15.1. The number of rotatable bonds is 9. The maximum Gasteiger partial charge on any atom is 0.0909 e. The fourth-order valence-corrected chi connectivity index (χ4v) is 1.36. The number of aliphatic imine (C=N–C) groups is 1. The van der Waals surface area contributed by atoms with Crippen LogP contribution in [-0.4, -0.2) is 37.0 Å². The molecule has 0 unspecified atom stereocenters. The molecule has 0 saturated carbocycles. The van der Waals surface area contributed by atoms with Gasteiger partial charge in [0, 0.05) is 29.0 Å². The molecular weight excluding hydrogens is 335 g/mol. The molecule has 0 aromatic rings. The second-order valence-corrected chi connectivity index (χ2v) is 4.83. The van der Waals surface area contributed by atoms with E-state index in [9.17, 15) is 0 Å². The molecule has 143 valence electrons. The Balaban J connectivity index is -0.000000125. The predicted octanol–water partition coefficient (Wildman–Crippen LogP) is 6.23. The van der Waals surface area contributed by atoms with Gasteiger partial charge in [-0.1, -0.05) is 39.0 Å². The fourth-order valence-electron chi connectivity index (χ4n) is 1.36. The van der Waals surface area contributed by atoms with Gasteiger partial charge in [-0.15, -0.1) is 6.54 Å². The molecule has 0 amide bonds. The molecule has 0 saturated heterocycles. The molecule has 0 heterocycles. The van der Waals surface area contributed by atoms with Crippen molar-refractivity contribution in [1.82, 2.24) is 0 Å². The van der Waals surface area contributed by atoms with Crippen molar-refractivity contribution in [3.63, 3.8) is 0 Å². The van der Waals surface area contributed by atoms with Crippen LogP contribution in [0.5, 0.6) is 0 Å². The van der Waals surface area contributed by atoms with E-state index in [1.54, 1.807) is 19.9 Å². The molecule has 0 bridgehead atoms. The van der Waals surface area contributed by atoms with Crippen molar-refractivity contribution in [2.75, 3.05) is 26.2 Å². The first-order valence-corrected chi connectivity index (χ1v) is 8.11. The summed E-state index contributed by atoms with van der Waals surface area (Å²) in [5, 5.41) is 8.76. The van der Waals surface area contributed by atoms with Crippen LogP contribution in [0.25, 0.3) is 17.2 Å². The zero-order chi connectivity index (χ0) is 17.6. The van der Waals surface area contributed by atoms with E-state index in [2.05, 4.69) is 18.8 Å². The van der Waals surface area contributed by atoms with E-state index >= 15 is 0 Å². The van der Waals surface area contributed by atoms with Crippen molar-refractivity contribution in [2.45, 2.75) is 59.3 Å². The number of unbranched alkanes of at least 4 members (excludes halogenated alkanes) is 5. The summed E-state index contributed by atoms with van der Waals surface area (Å²) in [5.41, 5.74) is 20.1. The monoisotopic (exact) mass is 371 g/mol. The molecular formula is C17H36CoN4O-4. The molecule has 0 aliphatic rings. The first-order valence-electron chi connectivity index (χ1n) is 8.11. The first-order chi connectivity index (χ1) is 10.5. The minimum Gasteiger partial charge on any atom is -0.679 e. The quantitative estimate of drug-likeness (QED) is 0.221. The summed E-state index contributed by atoms with van der Waals surface area (Å²) in [6.07, 6.45) is 9.56. The smallest absolute Gasteiger partial charge is 0.0909 e. The summed E-state index contributed by atoms with van der Waals surface area (Å²) in [7, 11) is 0. The first kappa shape index (κ1) is 30.5. The molecule has 0 atom stereocenters. The van der Waals surface area contributed by atoms with Gasteiger partial charge >= 0.3 is 0 Å². The molecule has 23 heavy (non-hydrogen) atoms. The molecule has 5 nitrogen and oxygen atoms in total. The van der Waals surface area contributed by atoms with Crippen LogP contribution in [0.4, 0.5) is 0 Å². The zero-order valence-corrected chi connectivity index (χ0v) is 16.1. The summed E-state index contributed by atoms with van der Waals surface area (Å²) < 4.78 is 0. The van der Waals surface area contributed by atoms with Crippen LogP contribution >= 0.6 is 0 Å². The molecule has 6 heteroatoms. The van der Waals surface area contributed by atoms with Gasteiger partial charge in [0.15, 0.2) is 0 Å². The van der Waals surface area contributed by atoms with Crippen LogP contribution < -0.4 is 0 Å². The molecule has 0 aromatic carbocycles. The maximum absolute atomic E-state index is 8.76. The van der Waals surface area contributed by atoms with Crippen LogP contribution in [0.1, 0.15) is 59.3 Å². The van der Waals surface area contributed by atoms with Gasteiger partial charge in [-0.3, -0.25) is 4.99 Å². The van der Waals surface area contributed by atoms with E-state index in [4.69, 9.17) is 22.3 Å². The van der Waals surface area contributed by atoms with E-state index < -0.39 is 0 Å². The summed E-state index contributed by atoms with van der Waals surface area (Å²) in [6.45, 7) is 10.7. The normalized spacial score (nSPS) is 10.7. The number of hydrogen-bond donors (Lipinski definition) is 1. The molecule has 0 rings (SSSR count). The summed E-state index contributed by atoms with van der Waals surface area (Å²) >= 11 is 0. The average molecular weight is 371 g/mol. The van der Waals surface area contributed by atoms with E-state index in [1.807, 2.05) is 0 Å². The van der Waals surface area contributed by atoms with Crippen molar-refractivity contribution in [3.8, 4) is 0 Å². The molecule has 4 N–H and O–H groups in total. The summed E-state index contributed by atoms with van der Waals surface area (Å²) in [6, 6.07) is 0. The van der Waals surface area contributed by atoms with Gasteiger partial charge in [-0.05, 0) is 19.9 Å². The van der Waals surface area contributed by atoms with Gasteiger partial charge in [-0.25, -0.2) is 0 Å². The van der Waals surface area contributed by atoms with Crippen LogP contribution in [0.2, 0.25) is 0 Å². The van der Waals surface area contributed by atoms with Crippen molar-refractivity contribution in [2.24, 2.45) is 4.99 Å². The maximum atomic E-state index is 8.76.